The molecule has 1 aromatic rings. The monoisotopic (exact) mass is 243 g/mol. The minimum atomic E-state index is 0.426. The van der Waals surface area contributed by atoms with E-state index in [1.54, 1.807) is 5.57 Å². The highest BCUT2D eigenvalue weighted by molar-refractivity contribution is 5.36. The van der Waals surface area contributed by atoms with E-state index in [0.717, 1.165) is 6.54 Å². The Hall–Kier alpha value is -1.08. The van der Waals surface area contributed by atoms with Crippen LogP contribution in [0.1, 0.15) is 55.3 Å². The first kappa shape index (κ1) is 13.4. The smallest absolute Gasteiger partial charge is 0.0536 e. The number of rotatable bonds is 4. The van der Waals surface area contributed by atoms with E-state index in [1.165, 1.54) is 42.4 Å². The van der Waals surface area contributed by atoms with Crippen molar-refractivity contribution in [3.8, 4) is 0 Å². The SMILES string of the molecule is CCNC(C1=CCCCC1)c1ccc(C)c(C)c1. The first-order valence-corrected chi connectivity index (χ1v) is 7.22. The molecule has 0 radical (unpaired) electrons. The Bertz CT molecular complexity index is 431. The minimum absolute atomic E-state index is 0.426. The van der Waals surface area contributed by atoms with Gasteiger partial charge in [-0.05, 0) is 62.8 Å². The van der Waals surface area contributed by atoms with Crippen LogP contribution in [0.4, 0.5) is 0 Å². The molecule has 1 aromatic carbocycles. The average molecular weight is 243 g/mol. The molecule has 0 aromatic heterocycles. The van der Waals surface area contributed by atoms with E-state index < -0.39 is 0 Å². The minimum Gasteiger partial charge on any atom is -0.307 e. The highest BCUT2D eigenvalue weighted by atomic mass is 14.9. The van der Waals surface area contributed by atoms with Gasteiger partial charge in [0.05, 0.1) is 6.04 Å². The molecule has 1 atom stereocenters. The number of aryl methyl sites for hydroxylation is 2. The fourth-order valence-electron chi connectivity index (χ4n) is 2.74. The standard InChI is InChI=1S/C17H25N/c1-4-18-17(15-8-6-5-7-9-15)16-11-10-13(2)14(3)12-16/h8,10-12,17-18H,4-7,9H2,1-3H3. The number of hydrogen-bond donors (Lipinski definition) is 1. The summed E-state index contributed by atoms with van der Waals surface area (Å²) < 4.78 is 0. The molecule has 1 N–H and O–H groups in total. The van der Waals surface area contributed by atoms with E-state index in [2.05, 4.69) is 50.4 Å². The van der Waals surface area contributed by atoms with Crippen molar-refractivity contribution < 1.29 is 0 Å². The van der Waals surface area contributed by atoms with Crippen LogP contribution in [0.3, 0.4) is 0 Å². The maximum absolute atomic E-state index is 3.65. The van der Waals surface area contributed by atoms with Gasteiger partial charge in [-0.1, -0.05) is 36.8 Å². The summed E-state index contributed by atoms with van der Waals surface area (Å²) in [6, 6.07) is 7.30. The van der Waals surface area contributed by atoms with Crippen LogP contribution in [-0.4, -0.2) is 6.54 Å². The lowest BCUT2D eigenvalue weighted by molar-refractivity contribution is 0.563. The summed E-state index contributed by atoms with van der Waals surface area (Å²) in [4.78, 5) is 0. The van der Waals surface area contributed by atoms with Crippen LogP contribution >= 0.6 is 0 Å². The molecule has 2 rings (SSSR count). The fraction of sp³-hybridized carbons (Fsp3) is 0.529. The Morgan fingerprint density at radius 2 is 2.00 bits per heavy atom. The van der Waals surface area contributed by atoms with Crippen LogP contribution in [0.5, 0.6) is 0 Å². The molecule has 1 nitrogen and oxygen atoms in total. The second-order valence-electron chi connectivity index (χ2n) is 5.36. The van der Waals surface area contributed by atoms with Gasteiger partial charge in [-0.3, -0.25) is 0 Å². The van der Waals surface area contributed by atoms with Crippen molar-refractivity contribution in [2.24, 2.45) is 0 Å². The lowest BCUT2D eigenvalue weighted by Crippen LogP contribution is -2.23. The van der Waals surface area contributed by atoms with E-state index in [4.69, 9.17) is 0 Å². The third-order valence-corrected chi connectivity index (χ3v) is 3.97. The van der Waals surface area contributed by atoms with Gasteiger partial charge in [-0.25, -0.2) is 0 Å². The third-order valence-electron chi connectivity index (χ3n) is 3.97. The van der Waals surface area contributed by atoms with Gasteiger partial charge in [0.15, 0.2) is 0 Å². The maximum atomic E-state index is 3.65. The van der Waals surface area contributed by atoms with Gasteiger partial charge < -0.3 is 5.32 Å². The van der Waals surface area contributed by atoms with E-state index in [9.17, 15) is 0 Å². The normalized spacial score (nSPS) is 17.4. The average Bonchev–Trinajstić information content (AvgIpc) is 2.40. The first-order chi connectivity index (χ1) is 8.72. The van der Waals surface area contributed by atoms with Crippen LogP contribution in [0.15, 0.2) is 29.8 Å². The molecule has 0 bridgehead atoms. The lowest BCUT2D eigenvalue weighted by atomic mass is 9.88. The van der Waals surface area contributed by atoms with E-state index >= 15 is 0 Å². The molecule has 0 spiro atoms. The molecule has 0 aliphatic heterocycles. The fourth-order valence-corrected chi connectivity index (χ4v) is 2.74. The van der Waals surface area contributed by atoms with Crippen molar-refractivity contribution in [3.05, 3.63) is 46.5 Å². The Morgan fingerprint density at radius 3 is 2.61 bits per heavy atom. The maximum Gasteiger partial charge on any atom is 0.0536 e. The van der Waals surface area contributed by atoms with Gasteiger partial charge in [0.25, 0.3) is 0 Å². The van der Waals surface area contributed by atoms with Gasteiger partial charge in [0.2, 0.25) is 0 Å². The molecule has 18 heavy (non-hydrogen) atoms. The number of hydrogen-bond acceptors (Lipinski definition) is 1. The van der Waals surface area contributed by atoms with Gasteiger partial charge in [0.1, 0.15) is 0 Å². The largest absolute Gasteiger partial charge is 0.307 e. The van der Waals surface area contributed by atoms with Crippen molar-refractivity contribution in [2.75, 3.05) is 6.54 Å². The molecule has 1 aliphatic rings. The summed E-state index contributed by atoms with van der Waals surface area (Å²) in [7, 11) is 0. The van der Waals surface area contributed by atoms with E-state index in [0.29, 0.717) is 6.04 Å². The topological polar surface area (TPSA) is 12.0 Å². The van der Waals surface area contributed by atoms with Gasteiger partial charge in [-0.2, -0.15) is 0 Å². The predicted molar refractivity (Wildman–Crippen MR) is 78.9 cm³/mol. The molecular weight excluding hydrogens is 218 g/mol. The molecule has 0 fully saturated rings. The van der Waals surface area contributed by atoms with E-state index in [-0.39, 0.29) is 0 Å². The van der Waals surface area contributed by atoms with Crippen molar-refractivity contribution in [1.82, 2.24) is 5.32 Å². The Balaban J connectivity index is 2.28. The zero-order valence-corrected chi connectivity index (χ0v) is 11.9. The highest BCUT2D eigenvalue weighted by Crippen LogP contribution is 2.30. The highest BCUT2D eigenvalue weighted by Gasteiger charge is 2.17. The summed E-state index contributed by atoms with van der Waals surface area (Å²) in [5.74, 6) is 0. The Kier molecular flexibility index (Phi) is 4.60. The van der Waals surface area contributed by atoms with Gasteiger partial charge in [-0.15, -0.1) is 0 Å². The van der Waals surface area contributed by atoms with Crippen LogP contribution in [0.25, 0.3) is 0 Å². The molecule has 1 unspecified atom stereocenters. The van der Waals surface area contributed by atoms with Crippen LogP contribution < -0.4 is 5.32 Å². The second kappa shape index (κ2) is 6.19. The van der Waals surface area contributed by atoms with Gasteiger partial charge in [0, 0.05) is 0 Å². The van der Waals surface area contributed by atoms with Crippen molar-refractivity contribution in [1.29, 1.82) is 0 Å². The molecule has 1 heteroatoms. The van der Waals surface area contributed by atoms with Crippen molar-refractivity contribution in [2.45, 2.75) is 52.5 Å². The first-order valence-electron chi connectivity index (χ1n) is 7.22. The molecule has 0 saturated carbocycles. The third kappa shape index (κ3) is 3.02. The van der Waals surface area contributed by atoms with Crippen LogP contribution in [-0.2, 0) is 0 Å². The van der Waals surface area contributed by atoms with Crippen LogP contribution in [0.2, 0.25) is 0 Å². The lowest BCUT2D eigenvalue weighted by Gasteiger charge is -2.25. The summed E-state index contributed by atoms with van der Waals surface area (Å²) in [5, 5.41) is 3.65. The number of nitrogens with one attached hydrogen (secondary N) is 1. The zero-order chi connectivity index (χ0) is 13.0. The number of allylic oxidation sites excluding steroid dienone is 1. The van der Waals surface area contributed by atoms with Crippen molar-refractivity contribution in [3.63, 3.8) is 0 Å². The Morgan fingerprint density at radius 1 is 1.17 bits per heavy atom. The molecule has 98 valence electrons. The summed E-state index contributed by atoms with van der Waals surface area (Å²) in [5.41, 5.74) is 5.79. The number of likely N-dealkylation sites (N-methyl/N-ethyl adjacent to an activating group) is 1. The molecule has 0 saturated heterocycles. The molecule has 0 heterocycles. The molecular formula is C17H25N. The molecule has 0 amide bonds. The van der Waals surface area contributed by atoms with Crippen molar-refractivity contribution >= 4 is 0 Å². The summed E-state index contributed by atoms with van der Waals surface area (Å²) >= 11 is 0. The zero-order valence-electron chi connectivity index (χ0n) is 11.9. The Labute approximate surface area is 111 Å². The van der Waals surface area contributed by atoms with E-state index in [1.807, 2.05) is 0 Å². The second-order valence-corrected chi connectivity index (χ2v) is 5.36. The molecule has 1 aliphatic carbocycles. The summed E-state index contributed by atoms with van der Waals surface area (Å²) in [6.07, 6.45) is 7.66. The van der Waals surface area contributed by atoms with Gasteiger partial charge >= 0.3 is 0 Å². The summed E-state index contributed by atoms with van der Waals surface area (Å²) in [6.45, 7) is 7.60. The quantitative estimate of drug-likeness (QED) is 0.770. The van der Waals surface area contributed by atoms with Crippen LogP contribution in [0, 0.1) is 13.8 Å². The predicted octanol–water partition coefficient (Wildman–Crippen LogP) is 4.45. The number of benzene rings is 1.